The monoisotopic (exact) mass is 480 g/mol. The van der Waals surface area contributed by atoms with Crippen LogP contribution in [0, 0.1) is 0 Å². The van der Waals surface area contributed by atoms with Crippen molar-refractivity contribution in [3.63, 3.8) is 0 Å². The molecule has 0 radical (unpaired) electrons. The van der Waals surface area contributed by atoms with Crippen molar-refractivity contribution >= 4 is 22.9 Å². The molecule has 35 heavy (non-hydrogen) atoms. The lowest BCUT2D eigenvalue weighted by Gasteiger charge is -2.26. The molecular formula is C25H32N6O4. The molecule has 3 aromatic heterocycles. The van der Waals surface area contributed by atoms with Gasteiger partial charge in [-0.25, -0.2) is 15.0 Å². The average molecular weight is 481 g/mol. The van der Waals surface area contributed by atoms with Crippen molar-refractivity contribution in [3.05, 3.63) is 40.9 Å². The fourth-order valence-electron chi connectivity index (χ4n) is 4.11. The number of nitrogens with one attached hydrogen (secondary N) is 1. The first kappa shape index (κ1) is 24.6. The molecule has 1 aliphatic heterocycles. The van der Waals surface area contributed by atoms with Crippen LogP contribution in [-0.4, -0.2) is 70.3 Å². The molecule has 0 saturated carbocycles. The molecule has 0 bridgehead atoms. The maximum Gasteiger partial charge on any atom is 0.293 e. The molecular weight excluding hydrogens is 448 g/mol. The molecule has 1 aliphatic rings. The Morgan fingerprint density at radius 2 is 1.89 bits per heavy atom. The van der Waals surface area contributed by atoms with Gasteiger partial charge in [-0.1, -0.05) is 6.92 Å². The van der Waals surface area contributed by atoms with Crippen LogP contribution in [0.2, 0.25) is 0 Å². The van der Waals surface area contributed by atoms with Gasteiger partial charge in [0.1, 0.15) is 0 Å². The highest BCUT2D eigenvalue weighted by Gasteiger charge is 2.18. The number of carbonyl (C=O) groups excluding carboxylic acids is 1. The first-order valence-corrected chi connectivity index (χ1v) is 12.1. The molecule has 1 amide bonds. The molecule has 186 valence electrons. The summed E-state index contributed by atoms with van der Waals surface area (Å²) in [6.45, 7) is 4.93. The summed E-state index contributed by atoms with van der Waals surface area (Å²) in [6.07, 6.45) is 7.47. The lowest BCUT2D eigenvalue weighted by molar-refractivity contribution is -0.130. The number of likely N-dealkylation sites (tertiary alicyclic amines) is 1. The molecule has 0 unspecified atom stereocenters. The average Bonchev–Trinajstić information content (AvgIpc) is 2.91. The van der Waals surface area contributed by atoms with E-state index >= 15 is 0 Å². The number of piperidine rings is 1. The van der Waals surface area contributed by atoms with Crippen molar-refractivity contribution in [1.82, 2.24) is 24.4 Å². The quantitative estimate of drug-likeness (QED) is 0.441. The SMILES string of the molecule is CCCOCCn1c(=O)c(NCC(=O)N2CCCCC2)nc2ncc(-c3ccc(OC)nc3)cc21. The van der Waals surface area contributed by atoms with E-state index in [2.05, 4.69) is 20.3 Å². The zero-order chi connectivity index (χ0) is 24.6. The molecule has 1 N–H and O–H groups in total. The Balaban J connectivity index is 1.64. The first-order valence-electron chi connectivity index (χ1n) is 12.1. The number of hydrogen-bond donors (Lipinski definition) is 1. The van der Waals surface area contributed by atoms with E-state index in [-0.39, 0.29) is 23.8 Å². The molecule has 0 spiro atoms. The Labute approximate surface area is 204 Å². The van der Waals surface area contributed by atoms with Crippen LogP contribution in [0.3, 0.4) is 0 Å². The van der Waals surface area contributed by atoms with E-state index in [9.17, 15) is 9.59 Å². The minimum Gasteiger partial charge on any atom is -0.481 e. The fourth-order valence-corrected chi connectivity index (χ4v) is 4.11. The number of hydrogen-bond acceptors (Lipinski definition) is 8. The van der Waals surface area contributed by atoms with Gasteiger partial charge in [0, 0.05) is 55.8 Å². The minimum absolute atomic E-state index is 0.0235. The van der Waals surface area contributed by atoms with E-state index in [1.54, 1.807) is 30.1 Å². The molecule has 0 aliphatic carbocycles. The number of ether oxygens (including phenoxy) is 2. The molecule has 0 atom stereocenters. The Morgan fingerprint density at radius 3 is 2.60 bits per heavy atom. The lowest BCUT2D eigenvalue weighted by atomic mass is 10.1. The second kappa shape index (κ2) is 11.7. The fraction of sp³-hybridized carbons (Fsp3) is 0.480. The summed E-state index contributed by atoms with van der Waals surface area (Å²) >= 11 is 0. The van der Waals surface area contributed by atoms with Crippen LogP contribution in [0.4, 0.5) is 5.82 Å². The van der Waals surface area contributed by atoms with Gasteiger partial charge in [0.15, 0.2) is 11.5 Å². The highest BCUT2D eigenvalue weighted by atomic mass is 16.5. The van der Waals surface area contributed by atoms with E-state index in [1.807, 2.05) is 24.0 Å². The van der Waals surface area contributed by atoms with E-state index < -0.39 is 0 Å². The summed E-state index contributed by atoms with van der Waals surface area (Å²) in [5.74, 6) is 0.604. The maximum absolute atomic E-state index is 13.4. The number of aromatic nitrogens is 4. The van der Waals surface area contributed by atoms with Gasteiger partial charge in [-0.05, 0) is 37.8 Å². The number of anilines is 1. The molecule has 4 rings (SSSR count). The molecule has 4 heterocycles. The van der Waals surface area contributed by atoms with Crippen molar-refractivity contribution in [1.29, 1.82) is 0 Å². The second-order valence-electron chi connectivity index (χ2n) is 8.48. The van der Waals surface area contributed by atoms with E-state index in [1.165, 1.54) is 0 Å². The lowest BCUT2D eigenvalue weighted by Crippen LogP contribution is -2.40. The third-order valence-corrected chi connectivity index (χ3v) is 6.01. The van der Waals surface area contributed by atoms with Crippen molar-refractivity contribution < 1.29 is 14.3 Å². The molecule has 3 aromatic rings. The van der Waals surface area contributed by atoms with Crippen LogP contribution >= 0.6 is 0 Å². The van der Waals surface area contributed by atoms with Crippen LogP contribution in [-0.2, 0) is 16.1 Å². The second-order valence-corrected chi connectivity index (χ2v) is 8.48. The number of rotatable bonds is 10. The molecule has 10 nitrogen and oxygen atoms in total. The summed E-state index contributed by atoms with van der Waals surface area (Å²) < 4.78 is 12.4. The summed E-state index contributed by atoms with van der Waals surface area (Å²) in [5, 5.41) is 2.96. The topological polar surface area (TPSA) is 111 Å². The largest absolute Gasteiger partial charge is 0.481 e. The zero-order valence-corrected chi connectivity index (χ0v) is 20.3. The van der Waals surface area contributed by atoms with Gasteiger partial charge < -0.3 is 19.7 Å². The predicted molar refractivity (Wildman–Crippen MR) is 134 cm³/mol. The number of nitrogens with zero attached hydrogens (tertiary/aromatic N) is 5. The van der Waals surface area contributed by atoms with E-state index in [4.69, 9.17) is 9.47 Å². The van der Waals surface area contributed by atoms with Crippen LogP contribution in [0.15, 0.2) is 35.4 Å². The number of amides is 1. The number of carbonyl (C=O) groups is 1. The molecule has 0 aromatic carbocycles. The van der Waals surface area contributed by atoms with E-state index in [0.29, 0.717) is 36.8 Å². The highest BCUT2D eigenvalue weighted by molar-refractivity contribution is 5.82. The van der Waals surface area contributed by atoms with Gasteiger partial charge in [-0.15, -0.1) is 0 Å². The number of pyridine rings is 2. The summed E-state index contributed by atoms with van der Waals surface area (Å²) in [5.41, 5.74) is 2.35. The smallest absolute Gasteiger partial charge is 0.293 e. The number of methoxy groups -OCH3 is 1. The van der Waals surface area contributed by atoms with Crippen LogP contribution in [0.25, 0.3) is 22.3 Å². The third kappa shape index (κ3) is 5.94. The summed E-state index contributed by atoms with van der Waals surface area (Å²) in [6, 6.07) is 5.54. The van der Waals surface area contributed by atoms with Crippen LogP contribution in [0.1, 0.15) is 32.6 Å². The summed E-state index contributed by atoms with van der Waals surface area (Å²) in [7, 11) is 1.57. The highest BCUT2D eigenvalue weighted by Crippen LogP contribution is 2.23. The van der Waals surface area contributed by atoms with Gasteiger partial charge in [0.25, 0.3) is 5.56 Å². The normalized spacial score (nSPS) is 13.7. The Hall–Kier alpha value is -3.53. The Kier molecular flexibility index (Phi) is 8.25. The van der Waals surface area contributed by atoms with Crippen molar-refractivity contribution in [2.24, 2.45) is 0 Å². The van der Waals surface area contributed by atoms with Gasteiger partial charge in [-0.2, -0.15) is 0 Å². The predicted octanol–water partition coefficient (Wildman–Crippen LogP) is 2.71. The Morgan fingerprint density at radius 1 is 1.09 bits per heavy atom. The molecule has 1 saturated heterocycles. The summed E-state index contributed by atoms with van der Waals surface area (Å²) in [4.78, 5) is 41.0. The Bertz CT molecular complexity index is 1210. The van der Waals surface area contributed by atoms with Crippen LogP contribution in [0.5, 0.6) is 5.88 Å². The van der Waals surface area contributed by atoms with Crippen molar-refractivity contribution in [2.75, 3.05) is 45.3 Å². The van der Waals surface area contributed by atoms with Gasteiger partial charge in [-0.3, -0.25) is 14.2 Å². The zero-order valence-electron chi connectivity index (χ0n) is 20.3. The first-order chi connectivity index (χ1) is 17.1. The van der Waals surface area contributed by atoms with Crippen LogP contribution < -0.4 is 15.6 Å². The maximum atomic E-state index is 13.4. The van der Waals surface area contributed by atoms with Gasteiger partial charge in [0.2, 0.25) is 11.8 Å². The van der Waals surface area contributed by atoms with Crippen molar-refractivity contribution in [2.45, 2.75) is 39.2 Å². The standard InChI is InChI=1S/C25H32N6O4/c1-3-12-35-13-11-31-20-14-19(18-7-8-21(34-2)26-15-18)16-27-23(20)29-24(25(31)33)28-17-22(32)30-9-5-4-6-10-30/h7-8,14-16H,3-6,9-13,17H2,1-2H3,(H,27,28,29). The minimum atomic E-state index is -0.309. The van der Waals surface area contributed by atoms with Crippen molar-refractivity contribution in [3.8, 4) is 17.0 Å². The molecule has 1 fully saturated rings. The molecule has 10 heteroatoms. The number of fused-ring (bicyclic) bond motifs is 1. The van der Waals surface area contributed by atoms with Gasteiger partial charge >= 0.3 is 0 Å². The third-order valence-electron chi connectivity index (χ3n) is 6.01. The van der Waals surface area contributed by atoms with E-state index in [0.717, 1.165) is 49.9 Å². The van der Waals surface area contributed by atoms with Gasteiger partial charge in [0.05, 0.1) is 25.8 Å².